The molecule has 0 bridgehead atoms. The molecule has 126 valence electrons. The van der Waals surface area contributed by atoms with Crippen LogP contribution in [0.4, 0.5) is 0 Å². The number of benzene rings is 1. The fourth-order valence-electron chi connectivity index (χ4n) is 1.77. The maximum Gasteiger partial charge on any atom is 0.274 e. The van der Waals surface area contributed by atoms with Crippen LogP contribution in [-0.2, 0) is 0 Å². The zero-order valence-electron chi connectivity index (χ0n) is 13.3. The van der Waals surface area contributed by atoms with E-state index in [1.54, 1.807) is 18.3 Å². The summed E-state index contributed by atoms with van der Waals surface area (Å²) in [5, 5.41) is 4.07. The van der Waals surface area contributed by atoms with Gasteiger partial charge in [0, 0.05) is 6.20 Å². The first-order valence-corrected chi connectivity index (χ1v) is 8.58. The third kappa shape index (κ3) is 5.04. The molecule has 0 aliphatic carbocycles. The van der Waals surface area contributed by atoms with Gasteiger partial charge in [-0.05, 0) is 65.2 Å². The quantitative estimate of drug-likeness (QED) is 0.435. The Kier molecular flexibility index (Phi) is 6.75. The van der Waals surface area contributed by atoms with Crippen LogP contribution in [0.25, 0.3) is 0 Å². The van der Waals surface area contributed by atoms with Crippen molar-refractivity contribution in [2.24, 2.45) is 5.10 Å². The van der Waals surface area contributed by atoms with E-state index >= 15 is 0 Å². The fourth-order valence-corrected chi connectivity index (χ4v) is 2.47. The monoisotopic (exact) mass is 409 g/mol. The van der Waals surface area contributed by atoms with Crippen molar-refractivity contribution < 1.29 is 9.53 Å². The van der Waals surface area contributed by atoms with Gasteiger partial charge in [-0.15, -0.1) is 0 Å². The Bertz CT molecular complexity index is 752. The molecular formula is C17H17BrClN3O2. The normalized spacial score (nSPS) is 12.2. The maximum atomic E-state index is 12.0. The van der Waals surface area contributed by atoms with Gasteiger partial charge in [-0.25, -0.2) is 10.4 Å². The van der Waals surface area contributed by atoms with Crippen molar-refractivity contribution in [3.8, 4) is 5.75 Å². The van der Waals surface area contributed by atoms with Crippen molar-refractivity contribution in [1.82, 2.24) is 10.4 Å². The van der Waals surface area contributed by atoms with Gasteiger partial charge in [0.25, 0.3) is 5.91 Å². The van der Waals surface area contributed by atoms with Crippen molar-refractivity contribution in [3.05, 3.63) is 57.3 Å². The van der Waals surface area contributed by atoms with Crippen LogP contribution < -0.4 is 10.2 Å². The molecule has 2 aromatic rings. The summed E-state index contributed by atoms with van der Waals surface area (Å²) in [6.07, 6.45) is 4.13. The zero-order chi connectivity index (χ0) is 17.5. The lowest BCUT2D eigenvalue weighted by molar-refractivity contribution is 0.0955. The molecule has 1 amide bonds. The van der Waals surface area contributed by atoms with E-state index in [4.69, 9.17) is 16.3 Å². The van der Waals surface area contributed by atoms with Gasteiger partial charge in [-0.3, -0.25) is 4.79 Å². The molecule has 24 heavy (non-hydrogen) atoms. The van der Waals surface area contributed by atoms with Gasteiger partial charge < -0.3 is 4.74 Å². The Labute approximate surface area is 154 Å². The molecule has 2 rings (SSSR count). The molecule has 0 saturated carbocycles. The number of nitrogens with zero attached hydrogens (tertiary/aromatic N) is 2. The van der Waals surface area contributed by atoms with Crippen molar-refractivity contribution >= 4 is 39.7 Å². The van der Waals surface area contributed by atoms with Crippen LogP contribution in [0.3, 0.4) is 0 Å². The van der Waals surface area contributed by atoms with Crippen LogP contribution in [0.2, 0.25) is 5.15 Å². The molecule has 0 aliphatic heterocycles. The number of carbonyl (C=O) groups excluding carboxylic acids is 1. The number of aromatic nitrogens is 1. The first-order chi connectivity index (χ1) is 11.5. The molecule has 1 atom stereocenters. The van der Waals surface area contributed by atoms with Gasteiger partial charge in [-0.1, -0.05) is 18.5 Å². The second kappa shape index (κ2) is 8.80. The number of nitrogens with one attached hydrogen (secondary N) is 1. The van der Waals surface area contributed by atoms with E-state index in [0.29, 0.717) is 0 Å². The molecule has 1 unspecified atom stereocenters. The van der Waals surface area contributed by atoms with Gasteiger partial charge in [0.05, 0.1) is 22.4 Å². The largest absolute Gasteiger partial charge is 0.490 e. The predicted molar refractivity (Wildman–Crippen MR) is 98.8 cm³/mol. The highest BCUT2D eigenvalue weighted by molar-refractivity contribution is 9.10. The number of carbonyl (C=O) groups is 1. The average Bonchev–Trinajstić information content (AvgIpc) is 2.57. The van der Waals surface area contributed by atoms with Gasteiger partial charge >= 0.3 is 0 Å². The van der Waals surface area contributed by atoms with Crippen LogP contribution >= 0.6 is 27.5 Å². The van der Waals surface area contributed by atoms with Gasteiger partial charge in [0.2, 0.25) is 0 Å². The molecule has 0 fully saturated rings. The van der Waals surface area contributed by atoms with Crippen LogP contribution in [0.5, 0.6) is 5.75 Å². The summed E-state index contributed by atoms with van der Waals surface area (Å²) in [4.78, 5) is 15.8. The molecule has 0 saturated heterocycles. The third-order valence-electron chi connectivity index (χ3n) is 3.24. The Balaban J connectivity index is 2.01. The van der Waals surface area contributed by atoms with Crippen LogP contribution in [-0.4, -0.2) is 23.2 Å². The highest BCUT2D eigenvalue weighted by atomic mass is 79.9. The number of rotatable bonds is 6. The first kappa shape index (κ1) is 18.4. The number of ether oxygens (including phenoxy) is 1. The van der Waals surface area contributed by atoms with Crippen molar-refractivity contribution in [3.63, 3.8) is 0 Å². The molecule has 1 aromatic heterocycles. The molecule has 7 heteroatoms. The minimum absolute atomic E-state index is 0.138. The lowest BCUT2D eigenvalue weighted by Crippen LogP contribution is -2.18. The Morgan fingerprint density at radius 2 is 2.29 bits per heavy atom. The lowest BCUT2D eigenvalue weighted by atomic mass is 10.2. The second-order valence-electron chi connectivity index (χ2n) is 5.07. The molecule has 0 aliphatic rings. The first-order valence-electron chi connectivity index (χ1n) is 7.41. The number of hydrogen-bond donors (Lipinski definition) is 1. The summed E-state index contributed by atoms with van der Waals surface area (Å²) in [5.41, 5.74) is 3.51. The number of hydrazone groups is 1. The number of amides is 1. The number of pyridine rings is 1. The Hall–Kier alpha value is -1.92. The van der Waals surface area contributed by atoms with E-state index in [2.05, 4.69) is 38.4 Å². The molecule has 1 aromatic carbocycles. The Morgan fingerprint density at radius 1 is 1.50 bits per heavy atom. The van der Waals surface area contributed by atoms with E-state index in [0.717, 1.165) is 22.2 Å². The van der Waals surface area contributed by atoms with E-state index < -0.39 is 5.91 Å². The summed E-state index contributed by atoms with van der Waals surface area (Å²) in [6.45, 7) is 4.08. The third-order valence-corrected chi connectivity index (χ3v) is 4.16. The number of hydrogen-bond acceptors (Lipinski definition) is 4. The summed E-state index contributed by atoms with van der Waals surface area (Å²) in [7, 11) is 0. The van der Waals surface area contributed by atoms with Crippen LogP contribution in [0.1, 0.15) is 36.2 Å². The average molecular weight is 411 g/mol. The maximum absolute atomic E-state index is 12.0. The smallest absolute Gasteiger partial charge is 0.274 e. The standard InChI is InChI=1S/C17H17BrClN3O2/c1-3-11(2)24-15-7-6-12(9-14(15)18)10-21-22-17(23)13-5-4-8-20-16(13)19/h4-11H,3H2,1-2H3,(H,22,23). The summed E-state index contributed by atoms with van der Waals surface area (Å²) < 4.78 is 6.61. The van der Waals surface area contributed by atoms with E-state index in [1.165, 1.54) is 6.20 Å². The number of halogens is 2. The van der Waals surface area contributed by atoms with Crippen LogP contribution in [0.15, 0.2) is 46.1 Å². The highest BCUT2D eigenvalue weighted by Gasteiger charge is 2.09. The zero-order valence-corrected chi connectivity index (χ0v) is 15.6. The molecule has 1 heterocycles. The van der Waals surface area contributed by atoms with E-state index in [-0.39, 0.29) is 16.8 Å². The fraction of sp³-hybridized carbons (Fsp3) is 0.235. The van der Waals surface area contributed by atoms with Crippen LogP contribution in [0, 0.1) is 0 Å². The van der Waals surface area contributed by atoms with E-state index in [1.807, 2.05) is 25.1 Å². The van der Waals surface area contributed by atoms with Crippen molar-refractivity contribution in [2.45, 2.75) is 26.4 Å². The SMILES string of the molecule is CCC(C)Oc1ccc(C=NNC(=O)c2cccnc2Cl)cc1Br. The predicted octanol–water partition coefficient (Wildman–Crippen LogP) is 4.44. The Morgan fingerprint density at radius 3 is 2.96 bits per heavy atom. The van der Waals surface area contributed by atoms with E-state index in [9.17, 15) is 4.79 Å². The second-order valence-corrected chi connectivity index (χ2v) is 6.28. The summed E-state index contributed by atoms with van der Waals surface area (Å²) in [6, 6.07) is 8.80. The van der Waals surface area contributed by atoms with Gasteiger partial charge in [-0.2, -0.15) is 5.10 Å². The molecule has 1 N–H and O–H groups in total. The van der Waals surface area contributed by atoms with Crippen molar-refractivity contribution in [1.29, 1.82) is 0 Å². The van der Waals surface area contributed by atoms with Gasteiger partial charge in [0.15, 0.2) is 0 Å². The minimum atomic E-state index is -0.417. The topological polar surface area (TPSA) is 63.6 Å². The summed E-state index contributed by atoms with van der Waals surface area (Å²) in [5.74, 6) is 0.354. The van der Waals surface area contributed by atoms with Crippen molar-refractivity contribution in [2.75, 3.05) is 0 Å². The summed E-state index contributed by atoms with van der Waals surface area (Å²) >= 11 is 9.33. The lowest BCUT2D eigenvalue weighted by Gasteiger charge is -2.14. The molecule has 0 radical (unpaired) electrons. The molecule has 0 spiro atoms. The van der Waals surface area contributed by atoms with Gasteiger partial charge in [0.1, 0.15) is 10.9 Å². The molecular weight excluding hydrogens is 394 g/mol. The molecule has 5 nitrogen and oxygen atoms in total. The minimum Gasteiger partial charge on any atom is -0.490 e. The highest BCUT2D eigenvalue weighted by Crippen LogP contribution is 2.26.